The number of allylic oxidation sites excluding steroid dienone is 2. The molecule has 2 saturated carbocycles. The van der Waals surface area contributed by atoms with Gasteiger partial charge in [-0.1, -0.05) is 19.9 Å². The molecular weight excluding hydrogens is 274 g/mol. The van der Waals surface area contributed by atoms with E-state index in [0.717, 1.165) is 25.7 Å². The molecular formula is C19H29NO2. The third kappa shape index (κ3) is 1.69. The molecule has 0 unspecified atom stereocenters. The number of fused-ring (bicyclic) bond motifs is 5. The highest BCUT2D eigenvalue weighted by molar-refractivity contribution is 5.79. The second kappa shape index (κ2) is 4.59. The number of nitrogens with zero attached hydrogens (tertiary/aromatic N) is 1. The lowest BCUT2D eigenvalue weighted by Gasteiger charge is -2.58. The molecule has 0 bridgehead atoms. The standard InChI is InChI=1S/C19H29NO2/c1-18-11-9-17(22)20(3)15(18)6-4-12-13-5-7-16(21)19(13,2)10-8-14(12)18/h6,12-14,16,21H,4-5,7-11H2,1-3H3/t12-,13+,14-,16+,18-,19+/m1/s1. The van der Waals surface area contributed by atoms with Crippen molar-refractivity contribution in [1.82, 2.24) is 4.90 Å². The maximum absolute atomic E-state index is 12.1. The van der Waals surface area contributed by atoms with Gasteiger partial charge in [0.15, 0.2) is 0 Å². The minimum Gasteiger partial charge on any atom is -0.393 e. The smallest absolute Gasteiger partial charge is 0.226 e. The molecule has 3 aliphatic carbocycles. The number of hydrogen-bond donors (Lipinski definition) is 1. The number of piperidine rings is 1. The van der Waals surface area contributed by atoms with Crippen LogP contribution in [0, 0.1) is 28.6 Å². The Bertz CT molecular complexity index is 542. The minimum atomic E-state index is -0.104. The van der Waals surface area contributed by atoms with Crippen LogP contribution < -0.4 is 0 Å². The van der Waals surface area contributed by atoms with Crippen LogP contribution in [0.3, 0.4) is 0 Å². The number of amides is 1. The van der Waals surface area contributed by atoms with Gasteiger partial charge in [0.25, 0.3) is 0 Å². The van der Waals surface area contributed by atoms with Gasteiger partial charge in [-0.2, -0.15) is 0 Å². The molecule has 1 N–H and O–H groups in total. The largest absolute Gasteiger partial charge is 0.393 e. The average Bonchev–Trinajstić information content (AvgIpc) is 2.79. The van der Waals surface area contributed by atoms with E-state index >= 15 is 0 Å². The summed E-state index contributed by atoms with van der Waals surface area (Å²) in [6.07, 6.45) is 9.59. The van der Waals surface area contributed by atoms with Crippen LogP contribution in [-0.2, 0) is 4.79 Å². The molecule has 6 atom stereocenters. The fourth-order valence-corrected chi connectivity index (χ4v) is 6.55. The summed E-state index contributed by atoms with van der Waals surface area (Å²) in [5.74, 6) is 2.33. The van der Waals surface area contributed by atoms with Gasteiger partial charge in [-0.3, -0.25) is 4.79 Å². The number of carbonyl (C=O) groups is 1. The number of aliphatic hydroxyl groups excluding tert-OH is 1. The summed E-state index contributed by atoms with van der Waals surface area (Å²) in [5, 5.41) is 10.5. The van der Waals surface area contributed by atoms with E-state index in [4.69, 9.17) is 0 Å². The molecule has 0 aromatic rings. The Balaban J connectivity index is 1.71. The molecule has 3 fully saturated rings. The molecule has 122 valence electrons. The minimum absolute atomic E-state index is 0.104. The van der Waals surface area contributed by atoms with E-state index in [1.165, 1.54) is 18.5 Å². The normalized spacial score (nSPS) is 51.0. The molecule has 1 aliphatic heterocycles. The lowest BCUT2D eigenvalue weighted by atomic mass is 9.49. The van der Waals surface area contributed by atoms with Gasteiger partial charge in [0.05, 0.1) is 6.10 Å². The fourth-order valence-electron chi connectivity index (χ4n) is 6.55. The molecule has 0 radical (unpaired) electrons. The summed E-state index contributed by atoms with van der Waals surface area (Å²) < 4.78 is 0. The molecule has 4 aliphatic rings. The van der Waals surface area contributed by atoms with Crippen molar-refractivity contribution in [2.24, 2.45) is 28.6 Å². The van der Waals surface area contributed by atoms with Crippen LogP contribution in [0.15, 0.2) is 11.8 Å². The maximum atomic E-state index is 12.1. The Morgan fingerprint density at radius 3 is 2.73 bits per heavy atom. The van der Waals surface area contributed by atoms with Crippen LogP contribution in [0.5, 0.6) is 0 Å². The van der Waals surface area contributed by atoms with Crippen LogP contribution in [0.25, 0.3) is 0 Å². The lowest BCUT2D eigenvalue weighted by Crippen LogP contribution is -2.54. The van der Waals surface area contributed by atoms with Gasteiger partial charge < -0.3 is 10.0 Å². The predicted molar refractivity (Wildman–Crippen MR) is 85.9 cm³/mol. The summed E-state index contributed by atoms with van der Waals surface area (Å²) in [6, 6.07) is 0. The summed E-state index contributed by atoms with van der Waals surface area (Å²) in [4.78, 5) is 14.0. The number of aliphatic hydroxyl groups is 1. The summed E-state index contributed by atoms with van der Waals surface area (Å²) in [5.41, 5.74) is 1.59. The highest BCUT2D eigenvalue weighted by Gasteiger charge is 2.59. The summed E-state index contributed by atoms with van der Waals surface area (Å²) in [7, 11) is 1.96. The maximum Gasteiger partial charge on any atom is 0.226 e. The zero-order valence-corrected chi connectivity index (χ0v) is 14.1. The Morgan fingerprint density at radius 1 is 1.18 bits per heavy atom. The van der Waals surface area contributed by atoms with Crippen molar-refractivity contribution in [3.63, 3.8) is 0 Å². The van der Waals surface area contributed by atoms with E-state index < -0.39 is 0 Å². The van der Waals surface area contributed by atoms with E-state index in [1.807, 2.05) is 11.9 Å². The molecule has 1 saturated heterocycles. The fraction of sp³-hybridized carbons (Fsp3) is 0.842. The van der Waals surface area contributed by atoms with Crippen molar-refractivity contribution >= 4 is 5.91 Å². The molecule has 0 aromatic heterocycles. The van der Waals surface area contributed by atoms with Crippen LogP contribution >= 0.6 is 0 Å². The Hall–Kier alpha value is -0.830. The zero-order valence-electron chi connectivity index (χ0n) is 14.1. The molecule has 1 heterocycles. The molecule has 1 amide bonds. The number of likely N-dealkylation sites (tertiary alicyclic amines) is 1. The number of carbonyl (C=O) groups excluding carboxylic acids is 1. The van der Waals surface area contributed by atoms with Crippen molar-refractivity contribution in [1.29, 1.82) is 0 Å². The van der Waals surface area contributed by atoms with Gasteiger partial charge in [-0.15, -0.1) is 0 Å². The summed E-state index contributed by atoms with van der Waals surface area (Å²) in [6.45, 7) is 4.72. The van der Waals surface area contributed by atoms with E-state index in [2.05, 4.69) is 19.9 Å². The van der Waals surface area contributed by atoms with Gasteiger partial charge >= 0.3 is 0 Å². The Morgan fingerprint density at radius 2 is 1.95 bits per heavy atom. The zero-order chi connectivity index (χ0) is 15.7. The van der Waals surface area contributed by atoms with Crippen LogP contribution in [0.2, 0.25) is 0 Å². The lowest BCUT2D eigenvalue weighted by molar-refractivity contribution is -0.136. The third-order valence-electron chi connectivity index (χ3n) is 7.97. The first-order valence-corrected chi connectivity index (χ1v) is 9.03. The molecule has 4 rings (SSSR count). The van der Waals surface area contributed by atoms with Gasteiger partial charge in [0, 0.05) is 24.6 Å². The predicted octanol–water partition coefficient (Wildman–Crippen LogP) is 3.34. The van der Waals surface area contributed by atoms with Crippen LogP contribution in [-0.4, -0.2) is 29.1 Å². The van der Waals surface area contributed by atoms with Crippen LogP contribution in [0.4, 0.5) is 0 Å². The number of hydrogen-bond acceptors (Lipinski definition) is 2. The monoisotopic (exact) mass is 303 g/mol. The number of rotatable bonds is 0. The van der Waals surface area contributed by atoms with Crippen molar-refractivity contribution in [2.45, 2.75) is 64.9 Å². The van der Waals surface area contributed by atoms with Gasteiger partial charge in [-0.05, 0) is 61.7 Å². The highest BCUT2D eigenvalue weighted by atomic mass is 16.3. The Labute approximate surface area is 133 Å². The first-order valence-electron chi connectivity index (χ1n) is 9.03. The van der Waals surface area contributed by atoms with Crippen LogP contribution in [0.1, 0.15) is 58.8 Å². The quantitative estimate of drug-likeness (QED) is 0.745. The van der Waals surface area contributed by atoms with Crippen molar-refractivity contribution in [3.05, 3.63) is 11.8 Å². The van der Waals surface area contributed by atoms with Gasteiger partial charge in [0.1, 0.15) is 0 Å². The Kier molecular flexibility index (Phi) is 3.08. The molecule has 3 heteroatoms. The van der Waals surface area contributed by atoms with E-state index in [1.54, 1.807) is 0 Å². The third-order valence-corrected chi connectivity index (χ3v) is 7.97. The average molecular weight is 303 g/mol. The van der Waals surface area contributed by atoms with E-state index in [9.17, 15) is 9.90 Å². The van der Waals surface area contributed by atoms with Gasteiger partial charge in [0.2, 0.25) is 5.91 Å². The topological polar surface area (TPSA) is 40.5 Å². The second-order valence-electron chi connectivity index (χ2n) is 8.71. The van der Waals surface area contributed by atoms with Crippen molar-refractivity contribution < 1.29 is 9.90 Å². The van der Waals surface area contributed by atoms with Crippen molar-refractivity contribution in [3.8, 4) is 0 Å². The van der Waals surface area contributed by atoms with E-state index in [0.29, 0.717) is 24.2 Å². The first kappa shape index (κ1) is 14.7. The first-order chi connectivity index (χ1) is 10.4. The molecule has 0 aromatic carbocycles. The second-order valence-corrected chi connectivity index (χ2v) is 8.71. The molecule has 22 heavy (non-hydrogen) atoms. The highest BCUT2D eigenvalue weighted by Crippen LogP contribution is 2.64. The molecule has 3 nitrogen and oxygen atoms in total. The summed E-state index contributed by atoms with van der Waals surface area (Å²) >= 11 is 0. The van der Waals surface area contributed by atoms with Crippen molar-refractivity contribution in [2.75, 3.05) is 7.05 Å². The molecule has 0 spiro atoms. The van der Waals surface area contributed by atoms with E-state index in [-0.39, 0.29) is 22.8 Å². The van der Waals surface area contributed by atoms with Gasteiger partial charge in [-0.25, -0.2) is 0 Å². The SMILES string of the molecule is CN1C(=O)CC[C@@]2(C)C1=CC[C@H]1[C@H]2CC[C@]2(C)[C@@H](O)CC[C@@H]12.